The summed E-state index contributed by atoms with van der Waals surface area (Å²) in [5.41, 5.74) is 3.11. The number of piperazine rings is 1. The predicted molar refractivity (Wildman–Crippen MR) is 110 cm³/mol. The highest BCUT2D eigenvalue weighted by Crippen LogP contribution is 2.21. The van der Waals surface area contributed by atoms with E-state index in [9.17, 15) is 9.59 Å². The van der Waals surface area contributed by atoms with E-state index in [4.69, 9.17) is 4.74 Å². The van der Waals surface area contributed by atoms with Gasteiger partial charge in [0.15, 0.2) is 0 Å². The smallest absolute Gasteiger partial charge is 0.237 e. The number of carbonyl (C=O) groups is 2. The zero-order chi connectivity index (χ0) is 20.8. The second-order valence-corrected chi connectivity index (χ2v) is 7.40. The lowest BCUT2D eigenvalue weighted by molar-refractivity contribution is -0.138. The van der Waals surface area contributed by atoms with E-state index >= 15 is 0 Å². The van der Waals surface area contributed by atoms with Crippen LogP contribution < -0.4 is 10.1 Å². The van der Waals surface area contributed by atoms with Crippen molar-refractivity contribution in [2.24, 2.45) is 0 Å². The molecule has 7 nitrogen and oxygen atoms in total. The Hall–Kier alpha value is -2.93. The molecule has 2 heterocycles. The lowest BCUT2D eigenvalue weighted by Gasteiger charge is -2.35. The van der Waals surface area contributed by atoms with Gasteiger partial charge < -0.3 is 15.0 Å². The van der Waals surface area contributed by atoms with Crippen molar-refractivity contribution in [2.75, 3.05) is 27.2 Å². The van der Waals surface area contributed by atoms with Gasteiger partial charge in [0.05, 0.1) is 19.6 Å². The topological polar surface area (TPSA) is 74.8 Å². The molecule has 0 spiro atoms. The summed E-state index contributed by atoms with van der Waals surface area (Å²) >= 11 is 0. The molecule has 1 aliphatic rings. The van der Waals surface area contributed by atoms with Gasteiger partial charge in [-0.05, 0) is 35.7 Å². The molecule has 1 fully saturated rings. The molecule has 0 bridgehead atoms. The average Bonchev–Trinajstić information content (AvgIpc) is 2.71. The van der Waals surface area contributed by atoms with Crippen LogP contribution in [-0.2, 0) is 22.7 Å². The number of aryl methyl sites for hydroxylation is 1. The van der Waals surface area contributed by atoms with Crippen LogP contribution in [-0.4, -0.2) is 59.9 Å². The second-order valence-electron chi connectivity index (χ2n) is 7.40. The minimum absolute atomic E-state index is 0.0631. The minimum atomic E-state index is -0.477. The number of nitrogens with zero attached hydrogens (tertiary/aromatic N) is 3. The lowest BCUT2D eigenvalue weighted by atomic mass is 10.0. The third-order valence-corrected chi connectivity index (χ3v) is 5.22. The molecule has 0 saturated carbocycles. The van der Waals surface area contributed by atoms with Crippen molar-refractivity contribution in [3.8, 4) is 5.75 Å². The van der Waals surface area contributed by atoms with E-state index in [2.05, 4.69) is 21.3 Å². The fourth-order valence-electron chi connectivity index (χ4n) is 3.62. The Morgan fingerprint density at radius 2 is 2.17 bits per heavy atom. The molecule has 2 aromatic rings. The van der Waals surface area contributed by atoms with Gasteiger partial charge in [-0.15, -0.1) is 0 Å². The van der Waals surface area contributed by atoms with Gasteiger partial charge in [-0.1, -0.05) is 18.2 Å². The number of hydrogen-bond acceptors (Lipinski definition) is 5. The quantitative estimate of drug-likeness (QED) is 0.772. The third-order valence-electron chi connectivity index (χ3n) is 5.22. The highest BCUT2D eigenvalue weighted by atomic mass is 16.5. The molecule has 1 saturated heterocycles. The first-order valence-corrected chi connectivity index (χ1v) is 9.76. The standard InChI is InChI=1S/C22H28N4O3/c1-16-11-17(6-7-20(16)29-3)15-26-10-9-24-22(28)19(26)12-21(27)25(2)14-18-5-4-8-23-13-18/h4-8,11,13,19H,9-10,12,14-15H2,1-3H3,(H,24,28)/t19-/m1/s1. The van der Waals surface area contributed by atoms with Crippen LogP contribution in [0.4, 0.5) is 0 Å². The van der Waals surface area contributed by atoms with E-state index in [-0.39, 0.29) is 18.2 Å². The molecule has 1 atom stereocenters. The molecule has 0 radical (unpaired) electrons. The van der Waals surface area contributed by atoms with Crippen molar-refractivity contribution in [3.63, 3.8) is 0 Å². The van der Waals surface area contributed by atoms with Gasteiger partial charge in [0.2, 0.25) is 11.8 Å². The van der Waals surface area contributed by atoms with Crippen LogP contribution in [0.25, 0.3) is 0 Å². The van der Waals surface area contributed by atoms with E-state index < -0.39 is 6.04 Å². The van der Waals surface area contributed by atoms with E-state index in [1.54, 1.807) is 31.5 Å². The Morgan fingerprint density at radius 3 is 2.86 bits per heavy atom. The number of hydrogen-bond donors (Lipinski definition) is 1. The molecule has 3 rings (SSSR count). The summed E-state index contributed by atoms with van der Waals surface area (Å²) in [7, 11) is 3.41. The summed E-state index contributed by atoms with van der Waals surface area (Å²) in [5.74, 6) is 0.685. The minimum Gasteiger partial charge on any atom is -0.496 e. The summed E-state index contributed by atoms with van der Waals surface area (Å²) in [6.45, 7) is 4.38. The summed E-state index contributed by atoms with van der Waals surface area (Å²) in [6.07, 6.45) is 3.60. The highest BCUT2D eigenvalue weighted by molar-refractivity contribution is 5.88. The van der Waals surface area contributed by atoms with Crippen LogP contribution in [0, 0.1) is 6.92 Å². The van der Waals surface area contributed by atoms with Crippen LogP contribution in [0.3, 0.4) is 0 Å². The maximum atomic E-state index is 12.8. The summed E-state index contributed by atoms with van der Waals surface area (Å²) < 4.78 is 5.32. The third kappa shape index (κ3) is 5.32. The van der Waals surface area contributed by atoms with Crippen molar-refractivity contribution < 1.29 is 14.3 Å². The maximum Gasteiger partial charge on any atom is 0.237 e. The first kappa shape index (κ1) is 20.8. The Kier molecular flexibility index (Phi) is 6.82. The molecule has 1 aromatic carbocycles. The van der Waals surface area contributed by atoms with Gasteiger partial charge in [0.1, 0.15) is 5.75 Å². The van der Waals surface area contributed by atoms with E-state index in [0.717, 1.165) is 22.4 Å². The van der Waals surface area contributed by atoms with E-state index in [1.807, 2.05) is 31.2 Å². The van der Waals surface area contributed by atoms with Gasteiger partial charge in [0.25, 0.3) is 0 Å². The number of methoxy groups -OCH3 is 1. The van der Waals surface area contributed by atoms with Crippen LogP contribution in [0.1, 0.15) is 23.1 Å². The molecular weight excluding hydrogens is 368 g/mol. The van der Waals surface area contributed by atoms with Gasteiger partial charge in [-0.2, -0.15) is 0 Å². The van der Waals surface area contributed by atoms with Gasteiger partial charge in [-0.25, -0.2) is 0 Å². The summed E-state index contributed by atoms with van der Waals surface area (Å²) in [6, 6.07) is 9.32. The number of pyridine rings is 1. The number of carbonyl (C=O) groups excluding carboxylic acids is 2. The van der Waals surface area contributed by atoms with Gasteiger partial charge in [0, 0.05) is 45.6 Å². The van der Waals surface area contributed by atoms with Crippen LogP contribution in [0.5, 0.6) is 5.75 Å². The molecule has 1 aromatic heterocycles. The zero-order valence-corrected chi connectivity index (χ0v) is 17.2. The molecule has 29 heavy (non-hydrogen) atoms. The molecule has 2 amide bonds. The van der Waals surface area contributed by atoms with Crippen LogP contribution in [0.2, 0.25) is 0 Å². The molecule has 1 N–H and O–H groups in total. The Balaban J connectivity index is 1.67. The highest BCUT2D eigenvalue weighted by Gasteiger charge is 2.32. The number of benzene rings is 1. The Bertz CT molecular complexity index is 856. The Labute approximate surface area is 171 Å². The Morgan fingerprint density at radius 1 is 1.34 bits per heavy atom. The zero-order valence-electron chi connectivity index (χ0n) is 17.2. The van der Waals surface area contributed by atoms with Crippen molar-refractivity contribution in [1.29, 1.82) is 0 Å². The molecular formula is C22H28N4O3. The SMILES string of the molecule is COc1ccc(CN2CCNC(=O)[C@H]2CC(=O)N(C)Cc2cccnc2)cc1C. The van der Waals surface area contributed by atoms with E-state index in [1.165, 1.54) is 0 Å². The molecule has 7 heteroatoms. The fourth-order valence-corrected chi connectivity index (χ4v) is 3.62. The number of nitrogens with one attached hydrogen (secondary N) is 1. The van der Waals surface area contributed by atoms with Crippen LogP contribution in [0.15, 0.2) is 42.7 Å². The largest absolute Gasteiger partial charge is 0.496 e. The number of rotatable bonds is 7. The number of amides is 2. The first-order valence-electron chi connectivity index (χ1n) is 9.76. The number of ether oxygens (including phenoxy) is 1. The van der Waals surface area contributed by atoms with Gasteiger partial charge >= 0.3 is 0 Å². The average molecular weight is 396 g/mol. The maximum absolute atomic E-state index is 12.8. The van der Waals surface area contributed by atoms with Crippen molar-refractivity contribution >= 4 is 11.8 Å². The van der Waals surface area contributed by atoms with Gasteiger partial charge in [-0.3, -0.25) is 19.5 Å². The second kappa shape index (κ2) is 9.52. The lowest BCUT2D eigenvalue weighted by Crippen LogP contribution is -2.56. The normalized spacial score (nSPS) is 16.9. The molecule has 154 valence electrons. The van der Waals surface area contributed by atoms with Crippen molar-refractivity contribution in [2.45, 2.75) is 32.5 Å². The first-order chi connectivity index (χ1) is 14.0. The molecule has 0 aliphatic carbocycles. The molecule has 1 aliphatic heterocycles. The summed E-state index contributed by atoms with van der Waals surface area (Å²) in [4.78, 5) is 33.1. The van der Waals surface area contributed by atoms with Crippen molar-refractivity contribution in [1.82, 2.24) is 20.1 Å². The summed E-state index contributed by atoms with van der Waals surface area (Å²) in [5, 5.41) is 2.89. The van der Waals surface area contributed by atoms with E-state index in [0.29, 0.717) is 26.2 Å². The molecule has 0 unspecified atom stereocenters. The number of aromatic nitrogens is 1. The fraction of sp³-hybridized carbons (Fsp3) is 0.409. The van der Waals surface area contributed by atoms with Crippen LogP contribution >= 0.6 is 0 Å². The predicted octanol–water partition coefficient (Wildman–Crippen LogP) is 1.75. The van der Waals surface area contributed by atoms with Crippen molar-refractivity contribution in [3.05, 3.63) is 59.4 Å². The monoisotopic (exact) mass is 396 g/mol.